The standard InChI is InChI=1S/C5H10O3.C5H10O2/c1-7-4-3-5(6)8-2;1-3-5(6)7-4-2/h3-4H2,1-2H3;3-4H2,1-2H3. The van der Waals surface area contributed by atoms with Gasteiger partial charge in [0.25, 0.3) is 0 Å². The lowest BCUT2D eigenvalue weighted by Gasteiger charge is -1.94. The van der Waals surface area contributed by atoms with Gasteiger partial charge in [0.15, 0.2) is 0 Å². The predicted molar refractivity (Wildman–Crippen MR) is 55.4 cm³/mol. The zero-order valence-electron chi connectivity index (χ0n) is 9.87. The highest BCUT2D eigenvalue weighted by Crippen LogP contribution is 1.82. The smallest absolute Gasteiger partial charge is 0.307 e. The van der Waals surface area contributed by atoms with Crippen molar-refractivity contribution in [1.82, 2.24) is 0 Å². The lowest BCUT2D eigenvalue weighted by atomic mass is 10.5. The minimum atomic E-state index is -0.230. The molecular formula is C10H20O5. The molecule has 0 amide bonds. The van der Waals surface area contributed by atoms with Gasteiger partial charge in [-0.2, -0.15) is 0 Å². The molecule has 90 valence electrons. The van der Waals surface area contributed by atoms with E-state index in [0.717, 1.165) is 0 Å². The molecule has 0 atom stereocenters. The average molecular weight is 220 g/mol. The van der Waals surface area contributed by atoms with Crippen LogP contribution in [0.4, 0.5) is 0 Å². The maximum absolute atomic E-state index is 10.3. The summed E-state index contributed by atoms with van der Waals surface area (Å²) in [6.07, 6.45) is 0.820. The summed E-state index contributed by atoms with van der Waals surface area (Å²) in [6, 6.07) is 0. The Morgan fingerprint density at radius 2 is 1.67 bits per heavy atom. The fourth-order valence-electron chi connectivity index (χ4n) is 0.551. The van der Waals surface area contributed by atoms with Crippen molar-refractivity contribution in [3.63, 3.8) is 0 Å². The average Bonchev–Trinajstić information content (AvgIpc) is 2.26. The molecular weight excluding hydrogens is 200 g/mol. The van der Waals surface area contributed by atoms with E-state index in [1.807, 2.05) is 0 Å². The summed E-state index contributed by atoms with van der Waals surface area (Å²) in [6.45, 7) is 4.50. The van der Waals surface area contributed by atoms with E-state index in [4.69, 9.17) is 0 Å². The summed E-state index contributed by atoms with van der Waals surface area (Å²) in [7, 11) is 2.90. The maximum Gasteiger partial charge on any atom is 0.307 e. The zero-order valence-corrected chi connectivity index (χ0v) is 9.87. The summed E-state index contributed by atoms with van der Waals surface area (Å²) in [5.41, 5.74) is 0. The van der Waals surface area contributed by atoms with Crippen molar-refractivity contribution in [1.29, 1.82) is 0 Å². The Balaban J connectivity index is 0. The molecule has 0 N–H and O–H groups in total. The monoisotopic (exact) mass is 220 g/mol. The van der Waals surface area contributed by atoms with E-state index >= 15 is 0 Å². The molecule has 0 bridgehead atoms. The van der Waals surface area contributed by atoms with Crippen LogP contribution < -0.4 is 0 Å². The summed E-state index contributed by atoms with van der Waals surface area (Å²) >= 11 is 0. The van der Waals surface area contributed by atoms with Crippen molar-refractivity contribution in [3.8, 4) is 0 Å². The quantitative estimate of drug-likeness (QED) is 0.650. The second-order valence-electron chi connectivity index (χ2n) is 2.48. The minimum absolute atomic E-state index is 0.123. The minimum Gasteiger partial charge on any atom is -0.469 e. The molecule has 0 aromatic rings. The van der Waals surface area contributed by atoms with E-state index in [1.54, 1.807) is 21.0 Å². The van der Waals surface area contributed by atoms with Gasteiger partial charge in [-0.15, -0.1) is 0 Å². The molecule has 0 aliphatic rings. The van der Waals surface area contributed by atoms with Crippen LogP contribution in [-0.4, -0.2) is 39.4 Å². The van der Waals surface area contributed by atoms with Gasteiger partial charge in [0.2, 0.25) is 0 Å². The van der Waals surface area contributed by atoms with Crippen molar-refractivity contribution in [3.05, 3.63) is 0 Å². The number of carbonyl (C=O) groups excluding carboxylic acids is 2. The first-order valence-corrected chi connectivity index (χ1v) is 4.83. The van der Waals surface area contributed by atoms with Gasteiger partial charge in [-0.25, -0.2) is 0 Å². The summed E-state index contributed by atoms with van der Waals surface area (Å²) < 4.78 is 13.5. The lowest BCUT2D eigenvalue weighted by molar-refractivity contribution is -0.143. The van der Waals surface area contributed by atoms with Crippen molar-refractivity contribution in [2.45, 2.75) is 26.7 Å². The van der Waals surface area contributed by atoms with Gasteiger partial charge in [0.05, 0.1) is 26.7 Å². The van der Waals surface area contributed by atoms with Gasteiger partial charge in [-0.3, -0.25) is 9.59 Å². The van der Waals surface area contributed by atoms with E-state index < -0.39 is 0 Å². The van der Waals surface area contributed by atoms with Gasteiger partial charge in [-0.1, -0.05) is 6.92 Å². The number of carbonyl (C=O) groups is 2. The highest BCUT2D eigenvalue weighted by molar-refractivity contribution is 5.69. The van der Waals surface area contributed by atoms with Gasteiger partial charge in [0.1, 0.15) is 0 Å². The number of methoxy groups -OCH3 is 2. The van der Waals surface area contributed by atoms with Crippen LogP contribution in [0.25, 0.3) is 0 Å². The lowest BCUT2D eigenvalue weighted by Crippen LogP contribution is -2.03. The summed E-state index contributed by atoms with van der Waals surface area (Å²) in [5, 5.41) is 0. The molecule has 0 fully saturated rings. The van der Waals surface area contributed by atoms with Crippen LogP contribution in [0.5, 0.6) is 0 Å². The topological polar surface area (TPSA) is 61.8 Å². The van der Waals surface area contributed by atoms with Crippen LogP contribution in [0.2, 0.25) is 0 Å². The number of hydrogen-bond acceptors (Lipinski definition) is 5. The Bertz CT molecular complexity index is 167. The third-order valence-electron chi connectivity index (χ3n) is 1.33. The van der Waals surface area contributed by atoms with Crippen LogP contribution in [0.3, 0.4) is 0 Å². The van der Waals surface area contributed by atoms with Crippen molar-refractivity contribution >= 4 is 11.9 Å². The number of rotatable bonds is 5. The fraction of sp³-hybridized carbons (Fsp3) is 0.800. The maximum atomic E-state index is 10.3. The molecule has 0 aliphatic carbocycles. The van der Waals surface area contributed by atoms with Gasteiger partial charge >= 0.3 is 11.9 Å². The molecule has 15 heavy (non-hydrogen) atoms. The van der Waals surface area contributed by atoms with Crippen LogP contribution in [0.1, 0.15) is 26.7 Å². The van der Waals surface area contributed by atoms with E-state index in [2.05, 4.69) is 14.2 Å². The van der Waals surface area contributed by atoms with Crippen LogP contribution in [-0.2, 0) is 23.8 Å². The van der Waals surface area contributed by atoms with Crippen molar-refractivity contribution in [2.75, 3.05) is 27.4 Å². The van der Waals surface area contributed by atoms with E-state index in [9.17, 15) is 9.59 Å². The largest absolute Gasteiger partial charge is 0.469 e. The second-order valence-corrected chi connectivity index (χ2v) is 2.48. The molecule has 0 spiro atoms. The molecule has 0 aromatic carbocycles. The highest BCUT2D eigenvalue weighted by atomic mass is 16.5. The highest BCUT2D eigenvalue weighted by Gasteiger charge is 1.95. The Labute approximate surface area is 90.7 Å². The third kappa shape index (κ3) is 15.6. The van der Waals surface area contributed by atoms with Crippen LogP contribution in [0, 0.1) is 0 Å². The number of esters is 2. The molecule has 0 radical (unpaired) electrons. The molecule has 0 unspecified atom stereocenters. The SMILES string of the molecule is CCOC(=O)CC.COCCC(=O)OC. The predicted octanol–water partition coefficient (Wildman–Crippen LogP) is 1.16. The third-order valence-corrected chi connectivity index (χ3v) is 1.33. The molecule has 0 rings (SSSR count). The van der Waals surface area contributed by atoms with Crippen molar-refractivity contribution < 1.29 is 23.8 Å². The number of ether oxygens (including phenoxy) is 3. The van der Waals surface area contributed by atoms with E-state index in [1.165, 1.54) is 7.11 Å². The first kappa shape index (κ1) is 16.3. The fourth-order valence-corrected chi connectivity index (χ4v) is 0.551. The van der Waals surface area contributed by atoms with Crippen LogP contribution in [0.15, 0.2) is 0 Å². The Morgan fingerprint density at radius 3 is 1.93 bits per heavy atom. The molecule has 0 aromatic heterocycles. The number of hydrogen-bond donors (Lipinski definition) is 0. The van der Waals surface area contributed by atoms with Crippen molar-refractivity contribution in [2.24, 2.45) is 0 Å². The summed E-state index contributed by atoms with van der Waals surface area (Å²) in [4.78, 5) is 20.5. The first-order valence-electron chi connectivity index (χ1n) is 4.83. The Morgan fingerprint density at radius 1 is 1.07 bits per heavy atom. The van der Waals surface area contributed by atoms with Crippen LogP contribution >= 0.6 is 0 Å². The first-order chi connectivity index (χ1) is 7.12. The van der Waals surface area contributed by atoms with E-state index in [0.29, 0.717) is 26.1 Å². The summed E-state index contributed by atoms with van der Waals surface area (Å²) in [5.74, 6) is -0.352. The molecule has 5 heteroatoms. The molecule has 0 heterocycles. The Kier molecular flexibility index (Phi) is 14.0. The van der Waals surface area contributed by atoms with E-state index in [-0.39, 0.29) is 11.9 Å². The zero-order chi connectivity index (χ0) is 12.1. The van der Waals surface area contributed by atoms with Gasteiger partial charge < -0.3 is 14.2 Å². The second kappa shape index (κ2) is 12.9. The normalized spacial score (nSPS) is 8.53. The molecule has 0 saturated carbocycles. The molecule has 0 saturated heterocycles. The molecule has 5 nitrogen and oxygen atoms in total. The van der Waals surface area contributed by atoms with Gasteiger partial charge in [0, 0.05) is 13.5 Å². The molecule has 0 aliphatic heterocycles. The van der Waals surface area contributed by atoms with Gasteiger partial charge in [-0.05, 0) is 6.92 Å². The Hall–Kier alpha value is -1.10.